The molecule has 1 rings (SSSR count). The summed E-state index contributed by atoms with van der Waals surface area (Å²) >= 11 is 0. The molecule has 0 radical (unpaired) electrons. The van der Waals surface area contributed by atoms with Gasteiger partial charge in [-0.05, 0) is 27.2 Å². The molecule has 4 heteroatoms. The van der Waals surface area contributed by atoms with E-state index in [0.717, 1.165) is 13.0 Å². The van der Waals surface area contributed by atoms with Crippen molar-refractivity contribution in [1.82, 2.24) is 4.90 Å². The molecule has 2 atom stereocenters. The summed E-state index contributed by atoms with van der Waals surface area (Å²) in [5.41, 5.74) is -0.418. The number of piperidine rings is 1. The van der Waals surface area contributed by atoms with Gasteiger partial charge in [-0.3, -0.25) is 0 Å². The van der Waals surface area contributed by atoms with Crippen LogP contribution >= 0.6 is 0 Å². The first kappa shape index (κ1) is 13.3. The van der Waals surface area contributed by atoms with E-state index < -0.39 is 5.60 Å². The molecule has 1 heterocycles. The second-order valence-electron chi connectivity index (χ2n) is 5.47. The summed E-state index contributed by atoms with van der Waals surface area (Å²) in [6.45, 7) is 9.19. The first-order valence-electron chi connectivity index (χ1n) is 5.84. The minimum atomic E-state index is -0.418. The van der Waals surface area contributed by atoms with Gasteiger partial charge in [-0.2, -0.15) is 0 Å². The van der Waals surface area contributed by atoms with Gasteiger partial charge in [0.05, 0.1) is 6.10 Å². The molecule has 0 aromatic rings. The van der Waals surface area contributed by atoms with Gasteiger partial charge in [0.1, 0.15) is 5.60 Å². The Balaban J connectivity index is 2.48. The lowest BCUT2D eigenvalue weighted by atomic mass is 9.97. The second-order valence-corrected chi connectivity index (χ2v) is 5.47. The summed E-state index contributed by atoms with van der Waals surface area (Å²) in [6.07, 6.45) is 0.935. The van der Waals surface area contributed by atoms with E-state index >= 15 is 0 Å². The topological polar surface area (TPSA) is 38.8 Å². The highest BCUT2D eigenvalue weighted by Crippen LogP contribution is 2.21. The van der Waals surface area contributed by atoms with E-state index in [9.17, 15) is 4.79 Å². The first-order chi connectivity index (χ1) is 7.33. The quantitative estimate of drug-likeness (QED) is 0.692. The fraction of sp³-hybridized carbons (Fsp3) is 0.917. The molecule has 0 aliphatic carbocycles. The zero-order chi connectivity index (χ0) is 12.3. The van der Waals surface area contributed by atoms with Crippen LogP contribution in [0.1, 0.15) is 34.1 Å². The Hall–Kier alpha value is -0.770. The largest absolute Gasteiger partial charge is 0.444 e. The molecule has 94 valence electrons. The van der Waals surface area contributed by atoms with E-state index in [4.69, 9.17) is 9.47 Å². The zero-order valence-electron chi connectivity index (χ0n) is 10.9. The highest BCUT2D eigenvalue weighted by Gasteiger charge is 2.30. The molecular weight excluding hydrogens is 206 g/mol. The van der Waals surface area contributed by atoms with Gasteiger partial charge in [0.2, 0.25) is 0 Å². The highest BCUT2D eigenvalue weighted by atomic mass is 16.6. The third-order valence-electron chi connectivity index (χ3n) is 2.78. The van der Waals surface area contributed by atoms with Crippen molar-refractivity contribution in [3.8, 4) is 0 Å². The summed E-state index contributed by atoms with van der Waals surface area (Å²) in [4.78, 5) is 13.6. The van der Waals surface area contributed by atoms with Gasteiger partial charge in [0.25, 0.3) is 0 Å². The normalized spacial score (nSPS) is 26.7. The summed E-state index contributed by atoms with van der Waals surface area (Å²) < 4.78 is 10.7. The molecule has 0 spiro atoms. The number of hydrogen-bond donors (Lipinski definition) is 0. The van der Waals surface area contributed by atoms with Crippen molar-refractivity contribution in [2.24, 2.45) is 5.92 Å². The third kappa shape index (κ3) is 3.67. The van der Waals surface area contributed by atoms with Crippen molar-refractivity contribution >= 4 is 6.09 Å². The van der Waals surface area contributed by atoms with Crippen LogP contribution in [0, 0.1) is 5.92 Å². The number of hydrogen-bond acceptors (Lipinski definition) is 3. The molecule has 0 aromatic heterocycles. The predicted molar refractivity (Wildman–Crippen MR) is 62.4 cm³/mol. The summed E-state index contributed by atoms with van der Waals surface area (Å²) in [5.74, 6) is 0.367. The Morgan fingerprint density at radius 1 is 1.38 bits per heavy atom. The maximum atomic E-state index is 11.8. The molecule has 16 heavy (non-hydrogen) atoms. The van der Waals surface area contributed by atoms with Crippen LogP contribution in [0.4, 0.5) is 4.79 Å². The van der Waals surface area contributed by atoms with Gasteiger partial charge in [0, 0.05) is 26.1 Å². The lowest BCUT2D eigenvalue weighted by Gasteiger charge is -2.36. The average Bonchev–Trinajstić information content (AvgIpc) is 2.15. The van der Waals surface area contributed by atoms with Crippen LogP contribution in [0.3, 0.4) is 0 Å². The second kappa shape index (κ2) is 5.04. The zero-order valence-corrected chi connectivity index (χ0v) is 10.9. The van der Waals surface area contributed by atoms with Gasteiger partial charge < -0.3 is 14.4 Å². The van der Waals surface area contributed by atoms with Gasteiger partial charge >= 0.3 is 6.09 Å². The number of amides is 1. The van der Waals surface area contributed by atoms with Crippen molar-refractivity contribution in [3.05, 3.63) is 0 Å². The monoisotopic (exact) mass is 229 g/mol. The predicted octanol–water partition coefficient (Wildman–Crippen LogP) is 2.28. The van der Waals surface area contributed by atoms with E-state index in [-0.39, 0.29) is 12.2 Å². The molecule has 1 amide bonds. The van der Waals surface area contributed by atoms with E-state index in [2.05, 4.69) is 6.92 Å². The summed E-state index contributed by atoms with van der Waals surface area (Å²) in [7, 11) is 1.73. The van der Waals surface area contributed by atoms with Crippen LogP contribution in [0.25, 0.3) is 0 Å². The Morgan fingerprint density at radius 3 is 2.44 bits per heavy atom. The molecule has 1 saturated heterocycles. The Bertz CT molecular complexity index is 247. The van der Waals surface area contributed by atoms with Crippen LogP contribution < -0.4 is 0 Å². The molecule has 2 unspecified atom stereocenters. The van der Waals surface area contributed by atoms with Crippen LogP contribution in [-0.2, 0) is 9.47 Å². The van der Waals surface area contributed by atoms with Gasteiger partial charge in [-0.1, -0.05) is 6.92 Å². The minimum Gasteiger partial charge on any atom is -0.444 e. The van der Waals surface area contributed by atoms with Crippen LogP contribution in [0.2, 0.25) is 0 Å². The molecule has 0 saturated carbocycles. The number of nitrogens with zero attached hydrogens (tertiary/aromatic N) is 1. The maximum Gasteiger partial charge on any atom is 0.410 e. The van der Waals surface area contributed by atoms with E-state index in [1.165, 1.54) is 0 Å². The standard InChI is InChI=1S/C12H23NO3/c1-9-8-13(7-6-10(9)15-5)11(14)16-12(2,3)4/h9-10H,6-8H2,1-5H3. The van der Waals surface area contributed by atoms with Crippen molar-refractivity contribution in [2.45, 2.75) is 45.8 Å². The third-order valence-corrected chi connectivity index (χ3v) is 2.78. The number of likely N-dealkylation sites (tertiary alicyclic amines) is 1. The van der Waals surface area contributed by atoms with Crippen molar-refractivity contribution in [2.75, 3.05) is 20.2 Å². The number of ether oxygens (including phenoxy) is 2. The van der Waals surface area contributed by atoms with E-state index in [1.807, 2.05) is 20.8 Å². The van der Waals surface area contributed by atoms with Crippen molar-refractivity contribution in [1.29, 1.82) is 0 Å². The Morgan fingerprint density at radius 2 is 2.00 bits per heavy atom. The highest BCUT2D eigenvalue weighted by molar-refractivity contribution is 5.68. The molecule has 0 bridgehead atoms. The summed E-state index contributed by atoms with van der Waals surface area (Å²) in [5, 5.41) is 0. The number of methoxy groups -OCH3 is 1. The SMILES string of the molecule is COC1CCN(C(=O)OC(C)(C)C)CC1C. The van der Waals surface area contributed by atoms with Gasteiger partial charge in [-0.25, -0.2) is 4.79 Å². The van der Waals surface area contributed by atoms with Crippen LogP contribution in [-0.4, -0.2) is 42.9 Å². The van der Waals surface area contributed by atoms with Gasteiger partial charge in [0.15, 0.2) is 0 Å². The Labute approximate surface area is 97.9 Å². The van der Waals surface area contributed by atoms with E-state index in [0.29, 0.717) is 12.5 Å². The maximum absolute atomic E-state index is 11.8. The molecule has 1 fully saturated rings. The smallest absolute Gasteiger partial charge is 0.410 e. The van der Waals surface area contributed by atoms with E-state index in [1.54, 1.807) is 12.0 Å². The lowest BCUT2D eigenvalue weighted by molar-refractivity contribution is -0.0193. The number of carbonyl (C=O) groups excluding carboxylic acids is 1. The Kier molecular flexibility index (Phi) is 4.19. The summed E-state index contributed by atoms with van der Waals surface area (Å²) in [6, 6.07) is 0. The molecule has 1 aliphatic heterocycles. The number of carbonyl (C=O) groups is 1. The fourth-order valence-electron chi connectivity index (χ4n) is 1.97. The number of rotatable bonds is 1. The average molecular weight is 229 g/mol. The molecule has 4 nitrogen and oxygen atoms in total. The van der Waals surface area contributed by atoms with Crippen LogP contribution in [0.15, 0.2) is 0 Å². The first-order valence-corrected chi connectivity index (χ1v) is 5.84. The van der Waals surface area contributed by atoms with Crippen LogP contribution in [0.5, 0.6) is 0 Å². The fourth-order valence-corrected chi connectivity index (χ4v) is 1.97. The minimum absolute atomic E-state index is 0.214. The molecular formula is C12H23NO3. The molecule has 0 aromatic carbocycles. The molecule has 1 aliphatic rings. The molecule has 0 N–H and O–H groups in total. The van der Waals surface area contributed by atoms with Crippen molar-refractivity contribution in [3.63, 3.8) is 0 Å². The lowest BCUT2D eigenvalue weighted by Crippen LogP contribution is -2.47. The van der Waals surface area contributed by atoms with Gasteiger partial charge in [-0.15, -0.1) is 0 Å². The van der Waals surface area contributed by atoms with Crippen molar-refractivity contribution < 1.29 is 14.3 Å².